The van der Waals surface area contributed by atoms with E-state index in [9.17, 15) is 19.5 Å². The molecule has 3 N–H and O–H groups in total. The molecule has 5 rings (SSSR count). The highest BCUT2D eigenvalue weighted by molar-refractivity contribution is 9.09. The Hall–Kier alpha value is -2.27. The molecule has 0 saturated carbocycles. The van der Waals surface area contributed by atoms with Crippen LogP contribution < -0.4 is 15.4 Å². The number of amides is 3. The van der Waals surface area contributed by atoms with Crippen LogP contribution in [0.4, 0.5) is 11.4 Å². The number of carbonyl (C=O) groups is 3. The molecular formula is C31H37BrClN3O5S. The van der Waals surface area contributed by atoms with Crippen molar-refractivity contribution in [2.45, 2.75) is 67.4 Å². The summed E-state index contributed by atoms with van der Waals surface area (Å²) in [6, 6.07) is 11.1. The third-order valence-electron chi connectivity index (χ3n) is 8.53. The number of carbonyl (C=O) groups excluding carboxylic acids is 3. The Bertz CT molecular complexity index is 1340. The van der Waals surface area contributed by atoms with E-state index >= 15 is 0 Å². The van der Waals surface area contributed by atoms with Crippen molar-refractivity contribution in [3.05, 3.63) is 53.1 Å². The van der Waals surface area contributed by atoms with Crippen LogP contribution in [-0.4, -0.2) is 67.8 Å². The molecule has 3 saturated heterocycles. The van der Waals surface area contributed by atoms with E-state index in [-0.39, 0.29) is 40.3 Å². The summed E-state index contributed by atoms with van der Waals surface area (Å²) in [6.07, 6.45) is 1.07. The van der Waals surface area contributed by atoms with Crippen LogP contribution in [0.5, 0.6) is 5.75 Å². The maximum atomic E-state index is 14.4. The number of anilines is 2. The minimum absolute atomic E-state index is 0.0717. The second kappa shape index (κ2) is 12.4. The van der Waals surface area contributed by atoms with Gasteiger partial charge in [-0.1, -0.05) is 53.5 Å². The molecule has 3 unspecified atom stereocenters. The van der Waals surface area contributed by atoms with Crippen molar-refractivity contribution in [2.24, 2.45) is 17.8 Å². The molecule has 0 aromatic heterocycles. The molecule has 3 fully saturated rings. The first-order valence-corrected chi connectivity index (χ1v) is 16.5. The van der Waals surface area contributed by atoms with Crippen molar-refractivity contribution >= 4 is 68.4 Å². The summed E-state index contributed by atoms with van der Waals surface area (Å²) in [7, 11) is 0. The smallest absolute Gasteiger partial charge is 0.248 e. The lowest BCUT2D eigenvalue weighted by atomic mass is 9.70. The number of rotatable bonds is 10. The topological polar surface area (TPSA) is 108 Å². The predicted molar refractivity (Wildman–Crippen MR) is 170 cm³/mol. The number of ether oxygens (including phenoxy) is 1. The molecule has 0 radical (unpaired) electrons. The first kappa shape index (κ1) is 31.2. The van der Waals surface area contributed by atoms with Gasteiger partial charge in [-0.3, -0.25) is 14.4 Å². The minimum atomic E-state index is -0.889. The maximum absolute atomic E-state index is 14.4. The van der Waals surface area contributed by atoms with E-state index < -0.39 is 28.7 Å². The van der Waals surface area contributed by atoms with Gasteiger partial charge in [-0.25, -0.2) is 0 Å². The van der Waals surface area contributed by atoms with Crippen LogP contribution in [0.15, 0.2) is 42.5 Å². The number of aliphatic hydroxyl groups is 1. The van der Waals surface area contributed by atoms with E-state index in [2.05, 4.69) is 26.6 Å². The highest BCUT2D eigenvalue weighted by Gasteiger charge is 2.76. The van der Waals surface area contributed by atoms with Gasteiger partial charge in [-0.05, 0) is 68.5 Å². The van der Waals surface area contributed by atoms with E-state index in [1.54, 1.807) is 47.0 Å². The molecule has 42 heavy (non-hydrogen) atoms. The number of aliphatic hydroxyl groups excluding tert-OH is 1. The summed E-state index contributed by atoms with van der Waals surface area (Å²) >= 11 is 11.8. The zero-order valence-corrected chi connectivity index (χ0v) is 27.3. The van der Waals surface area contributed by atoms with E-state index in [1.165, 1.54) is 0 Å². The van der Waals surface area contributed by atoms with Gasteiger partial charge in [0.1, 0.15) is 11.8 Å². The molecule has 3 heterocycles. The molecule has 11 heteroatoms. The maximum Gasteiger partial charge on any atom is 0.248 e. The van der Waals surface area contributed by atoms with Crippen molar-refractivity contribution in [2.75, 3.05) is 23.8 Å². The molecule has 3 aliphatic heterocycles. The SMILES string of the molecule is CCOc1ccc(NC(=O)[C@H]2[C@H]3C(=O)N([C@@H](CO)CC(C)C)C(C(=O)Nc4c(C)cccc4Cl)C34CC(Br)[C@@H]2S4)cc1. The van der Waals surface area contributed by atoms with Gasteiger partial charge in [0.2, 0.25) is 17.7 Å². The van der Waals surface area contributed by atoms with Gasteiger partial charge in [-0.2, -0.15) is 0 Å². The van der Waals surface area contributed by atoms with Crippen LogP contribution in [0.25, 0.3) is 0 Å². The molecule has 3 aliphatic rings. The third kappa shape index (κ3) is 5.44. The van der Waals surface area contributed by atoms with Gasteiger partial charge in [-0.15, -0.1) is 11.8 Å². The number of fused-ring (bicyclic) bond motifs is 1. The van der Waals surface area contributed by atoms with Crippen molar-refractivity contribution in [1.82, 2.24) is 4.90 Å². The van der Waals surface area contributed by atoms with Crippen LogP contribution in [0.3, 0.4) is 0 Å². The van der Waals surface area contributed by atoms with Gasteiger partial charge in [0.05, 0.1) is 46.5 Å². The number of thioether (sulfide) groups is 1. The van der Waals surface area contributed by atoms with Gasteiger partial charge in [0.15, 0.2) is 0 Å². The number of likely N-dealkylation sites (tertiary alicyclic amines) is 1. The summed E-state index contributed by atoms with van der Waals surface area (Å²) in [5.41, 5.74) is 1.91. The monoisotopic (exact) mass is 677 g/mol. The number of benzene rings is 2. The fraction of sp³-hybridized carbons (Fsp3) is 0.516. The zero-order chi connectivity index (χ0) is 30.3. The Labute approximate surface area is 264 Å². The number of aryl methyl sites for hydroxylation is 1. The van der Waals surface area contributed by atoms with Gasteiger partial charge < -0.3 is 25.4 Å². The summed E-state index contributed by atoms with van der Waals surface area (Å²) in [6.45, 7) is 8.07. The number of hydrogen-bond acceptors (Lipinski definition) is 6. The first-order chi connectivity index (χ1) is 20.0. The normalized spacial score (nSPS) is 28.6. The third-order valence-corrected chi connectivity index (χ3v) is 12.1. The number of alkyl halides is 1. The lowest BCUT2D eigenvalue weighted by Crippen LogP contribution is -2.55. The molecule has 2 aromatic rings. The molecule has 7 atom stereocenters. The van der Waals surface area contributed by atoms with E-state index in [4.69, 9.17) is 16.3 Å². The standard InChI is InChI=1S/C31H37BrClN3O5S/c1-5-41-20-11-9-18(10-12-20)34-28(38)23-24-30(40)36(19(15-37)13-16(2)3)27(31(24)14-21(32)26(23)42-31)29(39)35-25-17(4)7-6-8-22(25)33/h6-12,16,19,21,23-24,26-27,37H,5,13-15H2,1-4H3,(H,34,38)(H,35,39)/t19-,21?,23+,24+,26+,27?,31?/m1/s1. The second-order valence-electron chi connectivity index (χ2n) is 11.7. The van der Waals surface area contributed by atoms with E-state index in [0.29, 0.717) is 41.6 Å². The molecule has 0 aliphatic carbocycles. The molecule has 8 nitrogen and oxygen atoms in total. The lowest BCUT2D eigenvalue weighted by Gasteiger charge is -2.38. The quantitative estimate of drug-likeness (QED) is 0.287. The summed E-state index contributed by atoms with van der Waals surface area (Å²) in [4.78, 5) is 44.1. The van der Waals surface area contributed by atoms with Crippen molar-refractivity contribution in [3.63, 3.8) is 0 Å². The van der Waals surface area contributed by atoms with Crippen LogP contribution in [-0.2, 0) is 14.4 Å². The number of hydrogen-bond donors (Lipinski definition) is 3. The summed E-state index contributed by atoms with van der Waals surface area (Å²) in [5.74, 6) is -1.37. The fourth-order valence-electron chi connectivity index (χ4n) is 6.89. The van der Waals surface area contributed by atoms with Crippen LogP contribution in [0.1, 0.15) is 39.2 Å². The summed E-state index contributed by atoms with van der Waals surface area (Å²) < 4.78 is 4.67. The highest BCUT2D eigenvalue weighted by atomic mass is 79.9. The molecule has 3 amide bonds. The largest absolute Gasteiger partial charge is 0.494 e. The molecule has 2 aromatic carbocycles. The fourth-order valence-corrected chi connectivity index (χ4v) is 10.8. The average Bonchev–Trinajstić information content (AvgIpc) is 3.54. The van der Waals surface area contributed by atoms with Crippen molar-refractivity contribution in [1.29, 1.82) is 0 Å². The van der Waals surface area contributed by atoms with Gasteiger partial charge in [0.25, 0.3) is 0 Å². The average molecular weight is 679 g/mol. The van der Waals surface area contributed by atoms with Gasteiger partial charge in [0, 0.05) is 15.8 Å². The van der Waals surface area contributed by atoms with Crippen LogP contribution >= 0.6 is 39.3 Å². The van der Waals surface area contributed by atoms with Crippen LogP contribution in [0.2, 0.25) is 5.02 Å². The summed E-state index contributed by atoms with van der Waals surface area (Å²) in [5, 5.41) is 16.7. The second-order valence-corrected chi connectivity index (χ2v) is 14.9. The van der Waals surface area contributed by atoms with Crippen molar-refractivity contribution in [3.8, 4) is 5.75 Å². The van der Waals surface area contributed by atoms with E-state index in [0.717, 1.165) is 5.56 Å². The zero-order valence-electron chi connectivity index (χ0n) is 24.1. The first-order valence-electron chi connectivity index (χ1n) is 14.4. The highest BCUT2D eigenvalue weighted by Crippen LogP contribution is 2.68. The van der Waals surface area contributed by atoms with Crippen molar-refractivity contribution < 1.29 is 24.2 Å². The number of halogens is 2. The van der Waals surface area contributed by atoms with E-state index in [1.807, 2.05) is 39.8 Å². The van der Waals surface area contributed by atoms with Crippen LogP contribution in [0, 0.1) is 24.7 Å². The lowest BCUT2D eigenvalue weighted by molar-refractivity contribution is -0.141. The minimum Gasteiger partial charge on any atom is -0.494 e. The Morgan fingerprint density at radius 2 is 1.90 bits per heavy atom. The number of nitrogens with zero attached hydrogens (tertiary/aromatic N) is 1. The Balaban J connectivity index is 1.52. The Kier molecular flexibility index (Phi) is 9.19. The Morgan fingerprint density at radius 1 is 1.19 bits per heavy atom. The molecule has 226 valence electrons. The Morgan fingerprint density at radius 3 is 2.52 bits per heavy atom. The molecule has 2 bridgehead atoms. The predicted octanol–water partition coefficient (Wildman–Crippen LogP) is 5.50. The number of para-hydroxylation sites is 1. The molecule has 1 spiro atoms. The van der Waals surface area contributed by atoms with Gasteiger partial charge >= 0.3 is 0 Å². The number of nitrogens with one attached hydrogen (secondary N) is 2. The molecular weight excluding hydrogens is 642 g/mol.